The highest BCUT2D eigenvalue weighted by Crippen LogP contribution is 2.22. The lowest BCUT2D eigenvalue weighted by atomic mass is 9.98. The average Bonchev–Trinajstić information content (AvgIpc) is 2.20. The summed E-state index contributed by atoms with van der Waals surface area (Å²) in [5.41, 5.74) is 2.55. The van der Waals surface area contributed by atoms with Crippen LogP contribution in [0.25, 0.3) is 0 Å². The maximum Gasteiger partial charge on any atom is 0.120 e. The number of benzene rings is 1. The summed E-state index contributed by atoms with van der Waals surface area (Å²) in [6.45, 7) is 8.62. The molecule has 1 aromatic carbocycles. The van der Waals surface area contributed by atoms with Gasteiger partial charge in [0.15, 0.2) is 0 Å². The summed E-state index contributed by atoms with van der Waals surface area (Å²) in [6.07, 6.45) is 1.47. The van der Waals surface area contributed by atoms with Gasteiger partial charge in [0, 0.05) is 12.5 Å². The lowest BCUT2D eigenvalue weighted by Crippen LogP contribution is -2.41. The fourth-order valence-corrected chi connectivity index (χ4v) is 2.34. The molecule has 0 radical (unpaired) electrons. The van der Waals surface area contributed by atoms with Crippen molar-refractivity contribution in [3.8, 4) is 5.75 Å². The summed E-state index contributed by atoms with van der Waals surface area (Å²) in [4.78, 5) is 0. The first-order valence-corrected chi connectivity index (χ1v) is 6.11. The molecule has 2 unspecified atom stereocenters. The van der Waals surface area contributed by atoms with Gasteiger partial charge in [0.2, 0.25) is 0 Å². The fourth-order valence-electron chi connectivity index (χ4n) is 2.34. The molecule has 1 aliphatic rings. The van der Waals surface area contributed by atoms with Gasteiger partial charge in [0.1, 0.15) is 11.9 Å². The highest BCUT2D eigenvalue weighted by molar-refractivity contribution is 5.33. The van der Waals surface area contributed by atoms with Crippen LogP contribution in [0, 0.1) is 19.8 Å². The molecule has 1 saturated heterocycles. The van der Waals surface area contributed by atoms with E-state index in [4.69, 9.17) is 4.74 Å². The van der Waals surface area contributed by atoms with Crippen molar-refractivity contribution in [2.45, 2.75) is 33.3 Å². The summed E-state index contributed by atoms with van der Waals surface area (Å²) < 4.78 is 6.09. The number of hydrogen-bond donors (Lipinski definition) is 1. The molecule has 0 saturated carbocycles. The molecule has 0 aromatic heterocycles. The van der Waals surface area contributed by atoms with Gasteiger partial charge in [-0.05, 0) is 50.1 Å². The summed E-state index contributed by atoms with van der Waals surface area (Å²) in [7, 11) is 0. The Morgan fingerprint density at radius 1 is 1.19 bits per heavy atom. The van der Waals surface area contributed by atoms with E-state index in [-0.39, 0.29) is 0 Å². The Kier molecular flexibility index (Phi) is 3.49. The van der Waals surface area contributed by atoms with Crippen LogP contribution in [0.4, 0.5) is 0 Å². The number of piperidine rings is 1. The van der Waals surface area contributed by atoms with Crippen molar-refractivity contribution in [3.05, 3.63) is 29.3 Å². The highest BCUT2D eigenvalue weighted by atomic mass is 16.5. The molecule has 16 heavy (non-hydrogen) atoms. The van der Waals surface area contributed by atoms with E-state index >= 15 is 0 Å². The molecule has 0 spiro atoms. The first-order valence-electron chi connectivity index (χ1n) is 6.11. The van der Waals surface area contributed by atoms with Gasteiger partial charge in [-0.1, -0.05) is 13.0 Å². The molecule has 0 aliphatic carbocycles. The molecule has 2 heteroatoms. The minimum atomic E-state index is 0.363. The molecular weight excluding hydrogens is 198 g/mol. The van der Waals surface area contributed by atoms with Gasteiger partial charge in [-0.15, -0.1) is 0 Å². The number of hydrogen-bond acceptors (Lipinski definition) is 2. The Bertz CT molecular complexity index is 342. The van der Waals surface area contributed by atoms with Crippen LogP contribution < -0.4 is 10.1 Å². The normalized spacial score (nSPS) is 25.4. The number of rotatable bonds is 2. The van der Waals surface area contributed by atoms with E-state index in [2.05, 4.69) is 44.3 Å². The topological polar surface area (TPSA) is 21.3 Å². The van der Waals surface area contributed by atoms with Crippen molar-refractivity contribution in [1.82, 2.24) is 5.32 Å². The van der Waals surface area contributed by atoms with Crippen LogP contribution in [0.15, 0.2) is 18.2 Å². The van der Waals surface area contributed by atoms with Crippen molar-refractivity contribution >= 4 is 0 Å². The lowest BCUT2D eigenvalue weighted by molar-refractivity contribution is 0.112. The first kappa shape index (κ1) is 11.5. The second kappa shape index (κ2) is 4.88. The van der Waals surface area contributed by atoms with Crippen LogP contribution in [-0.4, -0.2) is 19.2 Å². The predicted octanol–water partition coefficient (Wildman–Crippen LogP) is 2.68. The SMILES string of the molecule is Cc1cc(C)cc(OC2CCNCC2C)c1. The Balaban J connectivity index is 2.07. The second-order valence-corrected chi connectivity index (χ2v) is 4.95. The first-order chi connectivity index (χ1) is 7.65. The van der Waals surface area contributed by atoms with Gasteiger partial charge < -0.3 is 10.1 Å². The molecule has 2 nitrogen and oxygen atoms in total. The number of aryl methyl sites for hydroxylation is 2. The average molecular weight is 219 g/mol. The van der Waals surface area contributed by atoms with Gasteiger partial charge >= 0.3 is 0 Å². The molecule has 1 aromatic rings. The quantitative estimate of drug-likeness (QED) is 0.825. The minimum Gasteiger partial charge on any atom is -0.490 e. The molecular formula is C14H21NO. The molecule has 1 N–H and O–H groups in total. The molecule has 0 amide bonds. The van der Waals surface area contributed by atoms with Gasteiger partial charge in [-0.3, -0.25) is 0 Å². The number of nitrogens with one attached hydrogen (secondary N) is 1. The maximum absolute atomic E-state index is 6.09. The monoisotopic (exact) mass is 219 g/mol. The van der Waals surface area contributed by atoms with Crippen LogP contribution >= 0.6 is 0 Å². The van der Waals surface area contributed by atoms with E-state index in [0.29, 0.717) is 12.0 Å². The standard InChI is InChI=1S/C14H21NO/c1-10-6-11(2)8-13(7-10)16-14-4-5-15-9-12(14)3/h6-8,12,14-15H,4-5,9H2,1-3H3. The Labute approximate surface area is 98.0 Å². The molecule has 1 heterocycles. The van der Waals surface area contributed by atoms with Gasteiger partial charge in [0.25, 0.3) is 0 Å². The van der Waals surface area contributed by atoms with Crippen LogP contribution in [0.2, 0.25) is 0 Å². The van der Waals surface area contributed by atoms with Crippen LogP contribution in [-0.2, 0) is 0 Å². The third-order valence-corrected chi connectivity index (χ3v) is 3.19. The Morgan fingerprint density at radius 3 is 2.50 bits per heavy atom. The molecule has 2 rings (SSSR count). The fraction of sp³-hybridized carbons (Fsp3) is 0.571. The summed E-state index contributed by atoms with van der Waals surface area (Å²) in [5, 5.41) is 3.39. The molecule has 2 atom stereocenters. The van der Waals surface area contributed by atoms with E-state index in [1.54, 1.807) is 0 Å². The largest absolute Gasteiger partial charge is 0.490 e. The van der Waals surface area contributed by atoms with Crippen molar-refractivity contribution in [2.24, 2.45) is 5.92 Å². The molecule has 1 fully saturated rings. The van der Waals surface area contributed by atoms with Crippen molar-refractivity contribution in [1.29, 1.82) is 0 Å². The predicted molar refractivity (Wildman–Crippen MR) is 67.0 cm³/mol. The maximum atomic E-state index is 6.09. The highest BCUT2D eigenvalue weighted by Gasteiger charge is 2.22. The van der Waals surface area contributed by atoms with Crippen molar-refractivity contribution in [3.63, 3.8) is 0 Å². The van der Waals surface area contributed by atoms with Crippen LogP contribution in [0.1, 0.15) is 24.5 Å². The van der Waals surface area contributed by atoms with E-state index in [1.165, 1.54) is 11.1 Å². The zero-order chi connectivity index (χ0) is 11.5. The zero-order valence-corrected chi connectivity index (χ0v) is 10.4. The van der Waals surface area contributed by atoms with Gasteiger partial charge in [-0.2, -0.15) is 0 Å². The van der Waals surface area contributed by atoms with Crippen LogP contribution in [0.3, 0.4) is 0 Å². The van der Waals surface area contributed by atoms with Crippen molar-refractivity contribution < 1.29 is 4.74 Å². The molecule has 0 bridgehead atoms. The third-order valence-electron chi connectivity index (χ3n) is 3.19. The summed E-state index contributed by atoms with van der Waals surface area (Å²) in [5.74, 6) is 1.62. The Hall–Kier alpha value is -1.02. The number of ether oxygens (including phenoxy) is 1. The summed E-state index contributed by atoms with van der Waals surface area (Å²) >= 11 is 0. The van der Waals surface area contributed by atoms with E-state index in [1.807, 2.05) is 0 Å². The van der Waals surface area contributed by atoms with Gasteiger partial charge in [-0.25, -0.2) is 0 Å². The third kappa shape index (κ3) is 2.76. The smallest absolute Gasteiger partial charge is 0.120 e. The van der Waals surface area contributed by atoms with E-state index in [0.717, 1.165) is 25.3 Å². The minimum absolute atomic E-state index is 0.363. The van der Waals surface area contributed by atoms with Crippen LogP contribution in [0.5, 0.6) is 5.75 Å². The lowest BCUT2D eigenvalue weighted by Gasteiger charge is -2.30. The van der Waals surface area contributed by atoms with Gasteiger partial charge in [0.05, 0.1) is 0 Å². The van der Waals surface area contributed by atoms with Crippen molar-refractivity contribution in [2.75, 3.05) is 13.1 Å². The summed E-state index contributed by atoms with van der Waals surface area (Å²) in [6, 6.07) is 6.43. The molecule has 1 aliphatic heterocycles. The Morgan fingerprint density at radius 2 is 1.88 bits per heavy atom. The zero-order valence-electron chi connectivity index (χ0n) is 10.4. The van der Waals surface area contributed by atoms with E-state index in [9.17, 15) is 0 Å². The molecule has 88 valence electrons. The second-order valence-electron chi connectivity index (χ2n) is 4.95. The van der Waals surface area contributed by atoms with E-state index < -0.39 is 0 Å².